The third-order valence-electron chi connectivity index (χ3n) is 3.50. The van der Waals surface area contributed by atoms with Crippen LogP contribution < -0.4 is 4.90 Å². The first kappa shape index (κ1) is 13.3. The minimum absolute atomic E-state index is 0.0630. The molecule has 1 aliphatic rings. The number of piperidine rings is 1. The molecule has 1 aromatic rings. The highest BCUT2D eigenvalue weighted by molar-refractivity contribution is 5.71. The summed E-state index contributed by atoms with van der Waals surface area (Å²) in [5, 5.41) is 19.8. The maximum absolute atomic E-state index is 11.0. The lowest BCUT2D eigenvalue weighted by Gasteiger charge is -2.33. The van der Waals surface area contributed by atoms with Crippen molar-refractivity contribution in [3.63, 3.8) is 0 Å². The van der Waals surface area contributed by atoms with Crippen LogP contribution in [0.15, 0.2) is 18.2 Å². The monoisotopic (exact) mass is 264 g/mol. The fourth-order valence-electron chi connectivity index (χ4n) is 2.51. The smallest absolute Gasteiger partial charge is 0.308 e. The van der Waals surface area contributed by atoms with Gasteiger partial charge in [0.1, 0.15) is 0 Å². The molecule has 19 heavy (non-hydrogen) atoms. The van der Waals surface area contributed by atoms with Crippen molar-refractivity contribution in [2.24, 2.45) is 5.92 Å². The number of nitro groups is 1. The molecule has 1 unspecified atom stereocenters. The average molecular weight is 264 g/mol. The summed E-state index contributed by atoms with van der Waals surface area (Å²) in [5.41, 5.74) is 1.75. The van der Waals surface area contributed by atoms with Gasteiger partial charge >= 0.3 is 5.97 Å². The molecule has 1 aromatic carbocycles. The van der Waals surface area contributed by atoms with Gasteiger partial charge in [0.2, 0.25) is 0 Å². The number of anilines is 1. The molecular weight excluding hydrogens is 248 g/mol. The number of hydrogen-bond donors (Lipinski definition) is 1. The molecule has 6 nitrogen and oxygen atoms in total. The predicted octanol–water partition coefficient (Wildman–Crippen LogP) is 2.20. The summed E-state index contributed by atoms with van der Waals surface area (Å²) in [5.74, 6) is -1.13. The van der Waals surface area contributed by atoms with Crippen molar-refractivity contribution < 1.29 is 14.8 Å². The van der Waals surface area contributed by atoms with E-state index in [1.165, 1.54) is 12.1 Å². The SMILES string of the molecule is Cc1cc([N+](=O)[O-])ccc1N1CCCC(C(=O)O)C1. The average Bonchev–Trinajstić information content (AvgIpc) is 2.38. The fraction of sp³-hybridized carbons (Fsp3) is 0.462. The largest absolute Gasteiger partial charge is 0.481 e. The quantitative estimate of drug-likeness (QED) is 0.668. The van der Waals surface area contributed by atoms with E-state index < -0.39 is 10.9 Å². The first-order valence-corrected chi connectivity index (χ1v) is 6.22. The summed E-state index contributed by atoms with van der Waals surface area (Å²) in [4.78, 5) is 23.3. The number of benzene rings is 1. The Morgan fingerprint density at radius 2 is 2.26 bits per heavy atom. The van der Waals surface area contributed by atoms with Crippen LogP contribution in [0.3, 0.4) is 0 Å². The van der Waals surface area contributed by atoms with Crippen molar-refractivity contribution in [2.75, 3.05) is 18.0 Å². The Labute approximate surface area is 110 Å². The summed E-state index contributed by atoms with van der Waals surface area (Å²) in [6.45, 7) is 3.07. The van der Waals surface area contributed by atoms with E-state index in [0.717, 1.165) is 24.2 Å². The molecule has 1 atom stereocenters. The molecule has 0 spiro atoms. The van der Waals surface area contributed by atoms with Crippen LogP contribution in [0.4, 0.5) is 11.4 Å². The van der Waals surface area contributed by atoms with Gasteiger partial charge in [-0.05, 0) is 31.4 Å². The molecule has 1 heterocycles. The maximum Gasteiger partial charge on any atom is 0.308 e. The number of nitro benzene ring substituents is 1. The topological polar surface area (TPSA) is 83.7 Å². The zero-order chi connectivity index (χ0) is 14.0. The standard InChI is InChI=1S/C13H16N2O4/c1-9-7-11(15(18)19)4-5-12(9)14-6-2-3-10(8-14)13(16)17/h4-5,7,10H,2-3,6,8H2,1H3,(H,16,17). The highest BCUT2D eigenvalue weighted by Crippen LogP contribution is 2.28. The van der Waals surface area contributed by atoms with Crippen LogP contribution in [0.2, 0.25) is 0 Å². The number of rotatable bonds is 3. The molecule has 0 aromatic heterocycles. The third kappa shape index (κ3) is 2.83. The van der Waals surface area contributed by atoms with E-state index in [4.69, 9.17) is 5.11 Å². The normalized spacial score (nSPS) is 19.2. The lowest BCUT2D eigenvalue weighted by molar-refractivity contribution is -0.384. The van der Waals surface area contributed by atoms with Crippen LogP contribution in [-0.2, 0) is 4.79 Å². The van der Waals surface area contributed by atoms with E-state index >= 15 is 0 Å². The Bertz CT molecular complexity index is 515. The Morgan fingerprint density at radius 3 is 2.84 bits per heavy atom. The molecular formula is C13H16N2O4. The highest BCUT2D eigenvalue weighted by atomic mass is 16.6. The minimum Gasteiger partial charge on any atom is -0.481 e. The second-order valence-corrected chi connectivity index (χ2v) is 4.85. The van der Waals surface area contributed by atoms with Gasteiger partial charge in [0.15, 0.2) is 0 Å². The van der Waals surface area contributed by atoms with Crippen LogP contribution in [-0.4, -0.2) is 29.1 Å². The van der Waals surface area contributed by atoms with Gasteiger partial charge in [-0.2, -0.15) is 0 Å². The number of carboxylic acids is 1. The summed E-state index contributed by atoms with van der Waals surface area (Å²) in [7, 11) is 0. The van der Waals surface area contributed by atoms with Gasteiger partial charge in [-0.1, -0.05) is 0 Å². The highest BCUT2D eigenvalue weighted by Gasteiger charge is 2.26. The van der Waals surface area contributed by atoms with Gasteiger partial charge in [0, 0.05) is 30.9 Å². The zero-order valence-corrected chi connectivity index (χ0v) is 10.7. The van der Waals surface area contributed by atoms with E-state index in [9.17, 15) is 14.9 Å². The Morgan fingerprint density at radius 1 is 1.53 bits per heavy atom. The molecule has 102 valence electrons. The van der Waals surface area contributed by atoms with Gasteiger partial charge < -0.3 is 10.0 Å². The molecule has 6 heteroatoms. The first-order valence-electron chi connectivity index (χ1n) is 6.22. The summed E-state index contributed by atoms with van der Waals surface area (Å²) in [6, 6.07) is 4.70. The second-order valence-electron chi connectivity index (χ2n) is 4.85. The van der Waals surface area contributed by atoms with E-state index in [0.29, 0.717) is 13.0 Å². The molecule has 0 radical (unpaired) electrons. The predicted molar refractivity (Wildman–Crippen MR) is 70.4 cm³/mol. The van der Waals surface area contributed by atoms with Gasteiger partial charge in [-0.25, -0.2) is 0 Å². The van der Waals surface area contributed by atoms with E-state index in [1.807, 2.05) is 11.8 Å². The van der Waals surface area contributed by atoms with E-state index in [-0.39, 0.29) is 11.6 Å². The minimum atomic E-state index is -0.774. The van der Waals surface area contributed by atoms with Crippen LogP contribution >= 0.6 is 0 Å². The number of aliphatic carboxylic acids is 1. The van der Waals surface area contributed by atoms with Crippen LogP contribution in [0.1, 0.15) is 18.4 Å². The van der Waals surface area contributed by atoms with Gasteiger partial charge in [0.25, 0.3) is 5.69 Å². The van der Waals surface area contributed by atoms with E-state index in [1.54, 1.807) is 6.07 Å². The van der Waals surface area contributed by atoms with Gasteiger partial charge in [-0.3, -0.25) is 14.9 Å². The second kappa shape index (κ2) is 5.26. The molecule has 0 aliphatic carbocycles. The zero-order valence-electron chi connectivity index (χ0n) is 10.7. The number of aryl methyl sites for hydroxylation is 1. The number of carboxylic acid groups (broad SMARTS) is 1. The molecule has 1 N–H and O–H groups in total. The summed E-state index contributed by atoms with van der Waals surface area (Å²) in [6.07, 6.45) is 1.52. The number of hydrogen-bond acceptors (Lipinski definition) is 4. The van der Waals surface area contributed by atoms with Crippen molar-refractivity contribution in [1.29, 1.82) is 0 Å². The molecule has 0 amide bonds. The van der Waals surface area contributed by atoms with Crippen molar-refractivity contribution in [2.45, 2.75) is 19.8 Å². The van der Waals surface area contributed by atoms with Crippen molar-refractivity contribution >= 4 is 17.3 Å². The Kier molecular flexibility index (Phi) is 3.69. The van der Waals surface area contributed by atoms with Gasteiger partial charge in [0.05, 0.1) is 10.8 Å². The lowest BCUT2D eigenvalue weighted by Crippen LogP contribution is -2.39. The fourth-order valence-corrected chi connectivity index (χ4v) is 2.51. The number of carbonyl (C=O) groups is 1. The number of non-ortho nitro benzene ring substituents is 1. The molecule has 1 aliphatic heterocycles. The molecule has 1 saturated heterocycles. The molecule has 1 fully saturated rings. The number of nitrogens with zero attached hydrogens (tertiary/aromatic N) is 2. The van der Waals surface area contributed by atoms with Crippen molar-refractivity contribution in [3.05, 3.63) is 33.9 Å². The summed E-state index contributed by atoms with van der Waals surface area (Å²) < 4.78 is 0. The lowest BCUT2D eigenvalue weighted by atomic mass is 9.97. The Balaban J connectivity index is 2.22. The summed E-state index contributed by atoms with van der Waals surface area (Å²) >= 11 is 0. The van der Waals surface area contributed by atoms with Crippen LogP contribution in [0, 0.1) is 23.0 Å². The molecule has 2 rings (SSSR count). The first-order chi connectivity index (χ1) is 8.99. The third-order valence-corrected chi connectivity index (χ3v) is 3.50. The van der Waals surface area contributed by atoms with E-state index in [2.05, 4.69) is 0 Å². The Hall–Kier alpha value is -2.11. The van der Waals surface area contributed by atoms with Crippen LogP contribution in [0.5, 0.6) is 0 Å². The van der Waals surface area contributed by atoms with Gasteiger partial charge in [-0.15, -0.1) is 0 Å². The maximum atomic E-state index is 11.0. The van der Waals surface area contributed by atoms with Crippen LogP contribution in [0.25, 0.3) is 0 Å². The molecule has 0 bridgehead atoms. The van der Waals surface area contributed by atoms with Crippen molar-refractivity contribution in [3.8, 4) is 0 Å². The van der Waals surface area contributed by atoms with Crippen molar-refractivity contribution in [1.82, 2.24) is 0 Å². The molecule has 0 saturated carbocycles.